The van der Waals surface area contributed by atoms with Gasteiger partial charge in [-0.3, -0.25) is 4.79 Å². The molecule has 2 rings (SSSR count). The second-order valence-corrected chi connectivity index (χ2v) is 7.18. The smallest absolute Gasteiger partial charge is 0.287 e. The van der Waals surface area contributed by atoms with Gasteiger partial charge in [-0.25, -0.2) is 0 Å². The summed E-state index contributed by atoms with van der Waals surface area (Å²) in [7, 11) is 0. The third kappa shape index (κ3) is 3.69. The number of rotatable bonds is 3. The molecule has 1 aromatic rings. The second-order valence-electron chi connectivity index (χ2n) is 3.84. The molecular formula is C11H14BrNO2S2. The van der Waals surface area contributed by atoms with Crippen LogP contribution in [0.4, 0.5) is 0 Å². The minimum Gasteiger partial charge on any atom is -0.444 e. The Morgan fingerprint density at radius 2 is 2.47 bits per heavy atom. The average molecular weight is 336 g/mol. The number of carbonyl (C=O) groups excluding carboxylic acids is 1. The highest BCUT2D eigenvalue weighted by atomic mass is 79.9. The number of amides is 1. The van der Waals surface area contributed by atoms with E-state index in [4.69, 9.17) is 4.42 Å². The number of furan rings is 1. The van der Waals surface area contributed by atoms with E-state index in [1.54, 1.807) is 6.07 Å². The van der Waals surface area contributed by atoms with Crippen molar-refractivity contribution in [1.29, 1.82) is 0 Å². The van der Waals surface area contributed by atoms with Crippen LogP contribution >= 0.6 is 39.5 Å². The lowest BCUT2D eigenvalue weighted by Crippen LogP contribution is -2.33. The number of hydrogen-bond acceptors (Lipinski definition) is 4. The zero-order valence-electron chi connectivity index (χ0n) is 9.49. The van der Waals surface area contributed by atoms with Gasteiger partial charge < -0.3 is 9.73 Å². The van der Waals surface area contributed by atoms with E-state index in [2.05, 4.69) is 21.2 Å². The van der Waals surface area contributed by atoms with E-state index in [0.717, 1.165) is 11.3 Å². The Balaban J connectivity index is 1.86. The number of carbonyl (C=O) groups is 1. The van der Waals surface area contributed by atoms with Crippen molar-refractivity contribution in [3.63, 3.8) is 0 Å². The van der Waals surface area contributed by atoms with Crippen molar-refractivity contribution >= 4 is 45.4 Å². The fourth-order valence-electron chi connectivity index (χ4n) is 1.61. The maximum atomic E-state index is 11.9. The summed E-state index contributed by atoms with van der Waals surface area (Å²) in [5.74, 6) is 3.80. The van der Waals surface area contributed by atoms with Crippen LogP contribution in [-0.4, -0.2) is 35.0 Å². The summed E-state index contributed by atoms with van der Waals surface area (Å²) in [6.45, 7) is 2.59. The zero-order valence-corrected chi connectivity index (χ0v) is 12.7. The van der Waals surface area contributed by atoms with Gasteiger partial charge in [-0.2, -0.15) is 23.5 Å². The van der Waals surface area contributed by atoms with Gasteiger partial charge in [0.05, 0.1) is 0 Å². The van der Waals surface area contributed by atoms with Gasteiger partial charge in [0.25, 0.3) is 5.91 Å². The van der Waals surface area contributed by atoms with E-state index in [1.165, 1.54) is 11.5 Å². The van der Waals surface area contributed by atoms with Gasteiger partial charge in [0.15, 0.2) is 10.4 Å². The third-order valence-electron chi connectivity index (χ3n) is 2.47. The van der Waals surface area contributed by atoms with Crippen molar-refractivity contribution in [2.45, 2.75) is 12.2 Å². The van der Waals surface area contributed by atoms with Crippen LogP contribution in [-0.2, 0) is 0 Å². The first-order valence-corrected chi connectivity index (χ1v) is 8.40. The van der Waals surface area contributed by atoms with Crippen LogP contribution in [0.15, 0.2) is 15.2 Å². The highest BCUT2D eigenvalue weighted by molar-refractivity contribution is 9.10. The van der Waals surface area contributed by atoms with Gasteiger partial charge >= 0.3 is 0 Å². The Hall–Kier alpha value is -0.0700. The molecule has 1 amide bonds. The minimum absolute atomic E-state index is 0.121. The molecule has 1 atom stereocenters. The summed E-state index contributed by atoms with van der Waals surface area (Å²) in [5.41, 5.74) is 0.861. The number of halogens is 1. The Morgan fingerprint density at radius 1 is 1.65 bits per heavy atom. The van der Waals surface area contributed by atoms with Gasteiger partial charge in [0.1, 0.15) is 0 Å². The van der Waals surface area contributed by atoms with Gasteiger partial charge in [-0.1, -0.05) is 0 Å². The molecule has 6 heteroatoms. The van der Waals surface area contributed by atoms with Crippen molar-refractivity contribution in [2.75, 3.05) is 23.8 Å². The molecule has 17 heavy (non-hydrogen) atoms. The molecule has 2 heterocycles. The topological polar surface area (TPSA) is 42.2 Å². The standard InChI is InChI=1S/C11H14BrNO2S2/c1-7-4-9(12)15-10(7)11(14)13-5-8-6-16-2-3-17-8/h4,8H,2-3,5-6H2,1H3,(H,13,14)/t8-/m0/s1. The number of nitrogens with one attached hydrogen (secondary N) is 1. The Labute approximate surface area is 118 Å². The Bertz CT molecular complexity index is 402. The number of thioether (sulfide) groups is 2. The quantitative estimate of drug-likeness (QED) is 0.922. The van der Waals surface area contributed by atoms with Gasteiger partial charge in [-0.15, -0.1) is 0 Å². The molecule has 0 unspecified atom stereocenters. The van der Waals surface area contributed by atoms with E-state index < -0.39 is 0 Å². The highest BCUT2D eigenvalue weighted by Crippen LogP contribution is 2.24. The number of hydrogen-bond donors (Lipinski definition) is 1. The normalized spacial score (nSPS) is 20.2. The molecular weight excluding hydrogens is 322 g/mol. The van der Waals surface area contributed by atoms with E-state index in [9.17, 15) is 4.79 Å². The Kier molecular flexibility index (Phi) is 4.87. The first-order chi connectivity index (χ1) is 8.16. The third-order valence-corrected chi connectivity index (χ3v) is 5.70. The molecule has 1 aliphatic rings. The van der Waals surface area contributed by atoms with Crippen LogP contribution in [0.1, 0.15) is 16.1 Å². The molecule has 3 nitrogen and oxygen atoms in total. The van der Waals surface area contributed by atoms with E-state index in [-0.39, 0.29) is 5.91 Å². The van der Waals surface area contributed by atoms with Crippen molar-refractivity contribution < 1.29 is 9.21 Å². The van der Waals surface area contributed by atoms with Crippen LogP contribution in [0, 0.1) is 6.92 Å². The molecule has 1 aromatic heterocycles. The van der Waals surface area contributed by atoms with Crippen molar-refractivity contribution in [3.05, 3.63) is 22.1 Å². The summed E-state index contributed by atoms with van der Waals surface area (Å²) < 4.78 is 5.91. The Morgan fingerprint density at radius 3 is 3.06 bits per heavy atom. The summed E-state index contributed by atoms with van der Waals surface area (Å²) in [4.78, 5) is 11.9. The first kappa shape index (κ1) is 13.4. The van der Waals surface area contributed by atoms with Crippen LogP contribution in [0.5, 0.6) is 0 Å². The minimum atomic E-state index is -0.121. The van der Waals surface area contributed by atoms with Crippen molar-refractivity contribution in [1.82, 2.24) is 5.32 Å². The van der Waals surface area contributed by atoms with Gasteiger partial charge in [0, 0.05) is 34.6 Å². The summed E-state index contributed by atoms with van der Waals surface area (Å²) >= 11 is 7.11. The molecule has 1 aliphatic heterocycles. The fourth-order valence-corrected chi connectivity index (χ4v) is 4.73. The summed E-state index contributed by atoms with van der Waals surface area (Å²) in [6.07, 6.45) is 0. The number of aryl methyl sites for hydroxylation is 1. The monoisotopic (exact) mass is 335 g/mol. The first-order valence-electron chi connectivity index (χ1n) is 5.40. The largest absolute Gasteiger partial charge is 0.444 e. The van der Waals surface area contributed by atoms with E-state index in [1.807, 2.05) is 30.4 Å². The molecule has 0 radical (unpaired) electrons. The maximum Gasteiger partial charge on any atom is 0.287 e. The van der Waals surface area contributed by atoms with Crippen molar-refractivity contribution in [2.24, 2.45) is 0 Å². The lowest BCUT2D eigenvalue weighted by Gasteiger charge is -2.20. The van der Waals surface area contributed by atoms with Crippen LogP contribution in [0.2, 0.25) is 0 Å². The van der Waals surface area contributed by atoms with Crippen LogP contribution < -0.4 is 5.32 Å². The molecule has 0 aromatic carbocycles. The molecule has 0 aliphatic carbocycles. The molecule has 94 valence electrons. The molecule has 0 saturated carbocycles. The van der Waals surface area contributed by atoms with Gasteiger partial charge in [0.2, 0.25) is 0 Å². The van der Waals surface area contributed by atoms with Crippen LogP contribution in [0.25, 0.3) is 0 Å². The van der Waals surface area contributed by atoms with Crippen LogP contribution in [0.3, 0.4) is 0 Å². The highest BCUT2D eigenvalue weighted by Gasteiger charge is 2.18. The molecule has 1 N–H and O–H groups in total. The van der Waals surface area contributed by atoms with Gasteiger partial charge in [-0.05, 0) is 28.9 Å². The predicted octanol–water partition coefficient (Wildman–Crippen LogP) is 2.93. The SMILES string of the molecule is Cc1cc(Br)oc1C(=O)NC[C@H]1CSCCS1. The predicted molar refractivity (Wildman–Crippen MR) is 77.0 cm³/mol. The van der Waals surface area contributed by atoms with Crippen molar-refractivity contribution in [3.8, 4) is 0 Å². The zero-order chi connectivity index (χ0) is 12.3. The lowest BCUT2D eigenvalue weighted by molar-refractivity contribution is 0.0924. The summed E-state index contributed by atoms with van der Waals surface area (Å²) in [5, 5.41) is 3.46. The summed E-state index contributed by atoms with van der Waals surface area (Å²) in [6, 6.07) is 1.81. The lowest BCUT2D eigenvalue weighted by atomic mass is 10.2. The second kappa shape index (κ2) is 6.20. The average Bonchev–Trinajstić information content (AvgIpc) is 2.67. The fraction of sp³-hybridized carbons (Fsp3) is 0.545. The molecule has 0 bridgehead atoms. The molecule has 0 spiro atoms. The van der Waals surface area contributed by atoms with E-state index in [0.29, 0.717) is 22.2 Å². The molecule has 1 saturated heterocycles. The van der Waals surface area contributed by atoms with E-state index >= 15 is 0 Å². The maximum absolute atomic E-state index is 11.9. The molecule has 1 fully saturated rings.